The molecule has 4 N–H and O–H groups in total. The lowest BCUT2D eigenvalue weighted by atomic mass is 10.1. The first-order valence-electron chi connectivity index (χ1n) is 5.45. The van der Waals surface area contributed by atoms with Gasteiger partial charge in [0.15, 0.2) is 0 Å². The maximum atomic E-state index is 11.3. The average Bonchev–Trinajstić information content (AvgIpc) is 2.32. The van der Waals surface area contributed by atoms with Gasteiger partial charge >= 0.3 is 0 Å². The van der Waals surface area contributed by atoms with Gasteiger partial charge in [0.25, 0.3) is 0 Å². The van der Waals surface area contributed by atoms with Crippen LogP contribution in [-0.2, 0) is 11.2 Å². The summed E-state index contributed by atoms with van der Waals surface area (Å²) in [5.74, 6) is -0.417. The zero-order valence-electron chi connectivity index (χ0n) is 9.74. The molecule has 4 nitrogen and oxygen atoms in total. The van der Waals surface area contributed by atoms with Crippen LogP contribution in [0.2, 0.25) is 0 Å². The largest absolute Gasteiger partial charge is 0.382 e. The lowest BCUT2D eigenvalue weighted by Crippen LogP contribution is -2.40. The number of benzene rings is 1. The highest BCUT2D eigenvalue weighted by Gasteiger charge is 2.11. The molecule has 1 atom stereocenters. The number of nitrogens with one attached hydrogen (secondary N) is 1. The van der Waals surface area contributed by atoms with Gasteiger partial charge in [0.1, 0.15) is 6.10 Å². The fourth-order valence-corrected chi connectivity index (χ4v) is 1.86. The molecule has 0 radical (unpaired) electrons. The van der Waals surface area contributed by atoms with Crippen LogP contribution >= 0.6 is 15.9 Å². The van der Waals surface area contributed by atoms with Crippen LogP contribution in [0, 0.1) is 6.92 Å². The third-order valence-electron chi connectivity index (χ3n) is 2.53. The van der Waals surface area contributed by atoms with Gasteiger partial charge in [-0.15, -0.1) is 0 Å². The second kappa shape index (κ2) is 6.74. The van der Waals surface area contributed by atoms with E-state index >= 15 is 0 Å². The van der Waals surface area contributed by atoms with Gasteiger partial charge in [-0.3, -0.25) is 4.79 Å². The first kappa shape index (κ1) is 14.2. The number of halogens is 1. The molecule has 0 heterocycles. The molecule has 0 aliphatic carbocycles. The van der Waals surface area contributed by atoms with Gasteiger partial charge in [0.2, 0.25) is 5.91 Å². The molecule has 1 rings (SSSR count). The third-order valence-corrected chi connectivity index (χ3v) is 3.02. The quantitative estimate of drug-likeness (QED) is 0.751. The summed E-state index contributed by atoms with van der Waals surface area (Å²) in [6.07, 6.45) is -0.382. The van der Waals surface area contributed by atoms with Crippen LogP contribution in [0.4, 0.5) is 0 Å². The fraction of sp³-hybridized carbons (Fsp3) is 0.417. The number of carbonyl (C=O) groups excluding carboxylic acids is 1. The first-order valence-corrected chi connectivity index (χ1v) is 6.24. The predicted octanol–water partition coefficient (Wildman–Crippen LogP) is 0.736. The summed E-state index contributed by atoms with van der Waals surface area (Å²) in [5, 5.41) is 11.8. The Labute approximate surface area is 109 Å². The molecular weight excluding hydrogens is 284 g/mol. The Morgan fingerprint density at radius 1 is 1.59 bits per heavy atom. The summed E-state index contributed by atoms with van der Waals surface area (Å²) in [4.78, 5) is 11.3. The van der Waals surface area contributed by atoms with Gasteiger partial charge in [-0.05, 0) is 36.6 Å². The van der Waals surface area contributed by atoms with E-state index in [1.165, 1.54) is 11.1 Å². The van der Waals surface area contributed by atoms with Crippen molar-refractivity contribution in [3.05, 3.63) is 33.8 Å². The molecule has 0 saturated carbocycles. The van der Waals surface area contributed by atoms with Crippen LogP contribution in [0.5, 0.6) is 0 Å². The number of rotatable bonds is 5. The van der Waals surface area contributed by atoms with Crippen molar-refractivity contribution in [1.29, 1.82) is 0 Å². The molecule has 0 spiro atoms. The molecule has 1 amide bonds. The van der Waals surface area contributed by atoms with Crippen LogP contribution < -0.4 is 11.1 Å². The van der Waals surface area contributed by atoms with Crippen molar-refractivity contribution in [2.75, 3.05) is 13.1 Å². The highest BCUT2D eigenvalue weighted by atomic mass is 79.9. The maximum absolute atomic E-state index is 11.3. The van der Waals surface area contributed by atoms with E-state index in [4.69, 9.17) is 5.73 Å². The molecule has 17 heavy (non-hydrogen) atoms. The van der Waals surface area contributed by atoms with E-state index < -0.39 is 12.0 Å². The number of amides is 1. The Morgan fingerprint density at radius 2 is 2.29 bits per heavy atom. The minimum absolute atomic E-state index is 0.0538. The second-order valence-corrected chi connectivity index (χ2v) is 4.78. The van der Waals surface area contributed by atoms with Crippen molar-refractivity contribution in [2.45, 2.75) is 19.4 Å². The van der Waals surface area contributed by atoms with Crippen molar-refractivity contribution in [3.63, 3.8) is 0 Å². The molecular formula is C12H17BrN2O2. The highest BCUT2D eigenvalue weighted by Crippen LogP contribution is 2.16. The lowest BCUT2D eigenvalue weighted by Gasteiger charge is -2.10. The molecule has 0 aromatic heterocycles. The van der Waals surface area contributed by atoms with Gasteiger partial charge in [-0.2, -0.15) is 0 Å². The fourth-order valence-electron chi connectivity index (χ4n) is 1.45. The van der Waals surface area contributed by atoms with E-state index in [9.17, 15) is 9.90 Å². The zero-order valence-corrected chi connectivity index (χ0v) is 11.3. The van der Waals surface area contributed by atoms with E-state index in [0.717, 1.165) is 10.9 Å². The van der Waals surface area contributed by atoms with E-state index in [-0.39, 0.29) is 6.54 Å². The molecule has 5 heteroatoms. The number of aliphatic hydroxyl groups is 1. The average molecular weight is 301 g/mol. The number of nitrogens with two attached hydrogens (primary N) is 1. The third kappa shape index (κ3) is 4.46. The lowest BCUT2D eigenvalue weighted by molar-refractivity contribution is -0.128. The van der Waals surface area contributed by atoms with Crippen LogP contribution in [0.25, 0.3) is 0 Å². The highest BCUT2D eigenvalue weighted by molar-refractivity contribution is 9.10. The summed E-state index contributed by atoms with van der Waals surface area (Å²) < 4.78 is 1.02. The van der Waals surface area contributed by atoms with Crippen molar-refractivity contribution < 1.29 is 9.90 Å². The number of aryl methyl sites for hydroxylation is 1. The number of aliphatic hydroxyl groups excluding tert-OH is 1. The second-order valence-electron chi connectivity index (χ2n) is 3.86. The van der Waals surface area contributed by atoms with Crippen LogP contribution in [0.1, 0.15) is 11.1 Å². The summed E-state index contributed by atoms with van der Waals surface area (Å²) in [7, 11) is 0. The summed E-state index contributed by atoms with van der Waals surface area (Å²) >= 11 is 3.41. The van der Waals surface area contributed by atoms with Crippen molar-refractivity contribution >= 4 is 21.8 Å². The number of hydrogen-bond donors (Lipinski definition) is 3. The normalized spacial score (nSPS) is 12.2. The van der Waals surface area contributed by atoms with Crippen molar-refractivity contribution in [2.24, 2.45) is 5.73 Å². The maximum Gasteiger partial charge on any atom is 0.250 e. The van der Waals surface area contributed by atoms with E-state index in [1.54, 1.807) is 0 Å². The molecule has 1 aromatic carbocycles. The molecule has 0 saturated heterocycles. The smallest absolute Gasteiger partial charge is 0.250 e. The van der Waals surface area contributed by atoms with Gasteiger partial charge in [-0.1, -0.05) is 22.0 Å². The van der Waals surface area contributed by atoms with Crippen LogP contribution in [-0.4, -0.2) is 30.2 Å². The Bertz CT molecular complexity index is 396. The van der Waals surface area contributed by atoms with Crippen molar-refractivity contribution in [3.8, 4) is 0 Å². The van der Waals surface area contributed by atoms with E-state index in [0.29, 0.717) is 6.54 Å². The Morgan fingerprint density at radius 3 is 2.94 bits per heavy atom. The molecule has 1 aromatic rings. The molecule has 94 valence electrons. The summed E-state index contributed by atoms with van der Waals surface area (Å²) in [6.45, 7) is 2.47. The van der Waals surface area contributed by atoms with Gasteiger partial charge < -0.3 is 16.2 Å². The van der Waals surface area contributed by atoms with E-state index in [1.807, 2.05) is 25.1 Å². The Kier molecular flexibility index (Phi) is 5.61. The number of carbonyl (C=O) groups is 1. The van der Waals surface area contributed by atoms with Crippen molar-refractivity contribution in [1.82, 2.24) is 5.32 Å². The summed E-state index contributed by atoms with van der Waals surface area (Å²) in [6, 6.07) is 6.03. The zero-order chi connectivity index (χ0) is 12.8. The van der Waals surface area contributed by atoms with Gasteiger partial charge in [0, 0.05) is 17.6 Å². The molecule has 0 aliphatic heterocycles. The minimum Gasteiger partial charge on any atom is -0.382 e. The molecule has 0 fully saturated rings. The van der Waals surface area contributed by atoms with Crippen LogP contribution in [0.3, 0.4) is 0 Å². The SMILES string of the molecule is Cc1ccc(Br)cc1CCNC(=O)C(O)CN. The Balaban J connectivity index is 2.46. The standard InChI is InChI=1S/C12H17BrN2O2/c1-8-2-3-10(13)6-9(8)4-5-15-12(17)11(16)7-14/h2-3,6,11,16H,4-5,7,14H2,1H3,(H,15,17). The topological polar surface area (TPSA) is 75.3 Å². The minimum atomic E-state index is -1.11. The van der Waals surface area contributed by atoms with E-state index in [2.05, 4.69) is 21.2 Å². The first-order chi connectivity index (χ1) is 8.04. The molecule has 1 unspecified atom stereocenters. The van der Waals surface area contributed by atoms with Gasteiger partial charge in [-0.25, -0.2) is 0 Å². The van der Waals surface area contributed by atoms with Gasteiger partial charge in [0.05, 0.1) is 0 Å². The molecule has 0 bridgehead atoms. The number of hydrogen-bond acceptors (Lipinski definition) is 3. The summed E-state index contributed by atoms with van der Waals surface area (Å²) in [5.41, 5.74) is 7.53. The monoisotopic (exact) mass is 300 g/mol. The Hall–Kier alpha value is -0.910. The van der Waals surface area contributed by atoms with Crippen LogP contribution in [0.15, 0.2) is 22.7 Å². The molecule has 0 aliphatic rings. The predicted molar refractivity (Wildman–Crippen MR) is 70.7 cm³/mol.